The molecule has 8 nitrogen and oxygen atoms in total. The van der Waals surface area contributed by atoms with Crippen molar-refractivity contribution in [2.24, 2.45) is 0 Å². The van der Waals surface area contributed by atoms with E-state index in [9.17, 15) is 17.6 Å². The van der Waals surface area contributed by atoms with Gasteiger partial charge in [-0.2, -0.15) is 4.98 Å². The van der Waals surface area contributed by atoms with Gasteiger partial charge in [0.2, 0.25) is 17.6 Å². The summed E-state index contributed by atoms with van der Waals surface area (Å²) in [6.07, 6.45) is 2.23. The molecule has 1 amide bonds. The quantitative estimate of drug-likeness (QED) is 0.414. The van der Waals surface area contributed by atoms with Crippen LogP contribution in [0.15, 0.2) is 51.9 Å². The number of carbonyl (C=O) groups excluding carboxylic acids is 1. The van der Waals surface area contributed by atoms with Crippen molar-refractivity contribution in [1.82, 2.24) is 15.0 Å². The fraction of sp³-hybridized carbons (Fsp3) is 0.348. The van der Waals surface area contributed by atoms with Crippen LogP contribution >= 0.6 is 0 Å². The molecule has 0 aliphatic rings. The summed E-state index contributed by atoms with van der Waals surface area (Å²) in [5.41, 5.74) is 1.14. The summed E-state index contributed by atoms with van der Waals surface area (Å²) in [6.45, 7) is 2.48. The van der Waals surface area contributed by atoms with E-state index >= 15 is 0 Å². The second kappa shape index (κ2) is 10.6. The van der Waals surface area contributed by atoms with Crippen LogP contribution in [-0.4, -0.2) is 55.8 Å². The van der Waals surface area contributed by atoms with Gasteiger partial charge in [-0.05, 0) is 55.3 Å². The van der Waals surface area contributed by atoms with Crippen LogP contribution < -0.4 is 4.74 Å². The van der Waals surface area contributed by atoms with E-state index in [1.165, 1.54) is 18.2 Å². The third kappa shape index (κ3) is 6.85. The van der Waals surface area contributed by atoms with Crippen LogP contribution in [0.4, 0.5) is 4.39 Å². The van der Waals surface area contributed by atoms with Crippen LogP contribution in [0.2, 0.25) is 0 Å². The van der Waals surface area contributed by atoms with Crippen LogP contribution in [0.25, 0.3) is 11.4 Å². The molecule has 3 aromatic rings. The Kier molecular flexibility index (Phi) is 7.80. The Morgan fingerprint density at radius 1 is 1.21 bits per heavy atom. The van der Waals surface area contributed by atoms with Crippen LogP contribution in [-0.2, 0) is 21.1 Å². The van der Waals surface area contributed by atoms with Crippen LogP contribution in [0.3, 0.4) is 0 Å². The zero-order valence-electron chi connectivity index (χ0n) is 18.7. The standard InChI is InChI=1S/C23H26FN3O5S/c1-16-14-17(8-9-20(16)24)23-25-21(32-26-23)10-11-22(28)27(2)12-5-13-31-18-6-4-7-19(15-18)33(3,29)30/h4,6-9,14-15H,5,10-13H2,1-3H3. The number of aromatic nitrogens is 2. The Hall–Kier alpha value is -3.27. The molecule has 0 atom stereocenters. The average molecular weight is 476 g/mol. The van der Waals surface area contributed by atoms with Gasteiger partial charge < -0.3 is 14.2 Å². The van der Waals surface area contributed by atoms with E-state index in [1.807, 2.05) is 0 Å². The van der Waals surface area contributed by atoms with Crippen molar-refractivity contribution in [3.8, 4) is 17.1 Å². The summed E-state index contributed by atoms with van der Waals surface area (Å²) in [4.78, 5) is 18.5. The second-order valence-electron chi connectivity index (χ2n) is 7.74. The van der Waals surface area contributed by atoms with Gasteiger partial charge in [0.05, 0.1) is 11.5 Å². The number of rotatable bonds is 10. The molecule has 2 aromatic carbocycles. The summed E-state index contributed by atoms with van der Waals surface area (Å²) >= 11 is 0. The molecule has 0 saturated carbocycles. The Bertz CT molecular complexity index is 1230. The third-order valence-corrected chi connectivity index (χ3v) is 6.11. The molecule has 3 rings (SSSR count). The van der Waals surface area contributed by atoms with E-state index in [2.05, 4.69) is 10.1 Å². The fourth-order valence-corrected chi connectivity index (χ4v) is 3.73. The van der Waals surface area contributed by atoms with Crippen molar-refractivity contribution in [1.29, 1.82) is 0 Å². The zero-order valence-corrected chi connectivity index (χ0v) is 19.6. The molecule has 0 aliphatic heterocycles. The molecule has 10 heteroatoms. The third-order valence-electron chi connectivity index (χ3n) is 5.00. The molecule has 1 heterocycles. The lowest BCUT2D eigenvalue weighted by Crippen LogP contribution is -2.28. The first-order valence-electron chi connectivity index (χ1n) is 10.4. The van der Waals surface area contributed by atoms with Gasteiger partial charge >= 0.3 is 0 Å². The number of hydrogen-bond donors (Lipinski definition) is 0. The normalized spacial score (nSPS) is 11.4. The number of sulfone groups is 1. The van der Waals surface area contributed by atoms with Crippen molar-refractivity contribution < 1.29 is 26.9 Å². The minimum Gasteiger partial charge on any atom is -0.493 e. The summed E-state index contributed by atoms with van der Waals surface area (Å²) in [5.74, 6) is 0.777. The maximum Gasteiger partial charge on any atom is 0.227 e. The number of carbonyl (C=O) groups is 1. The molecular formula is C23H26FN3O5S. The van der Waals surface area contributed by atoms with Crippen LogP contribution in [0.1, 0.15) is 24.3 Å². The number of benzene rings is 2. The summed E-state index contributed by atoms with van der Waals surface area (Å²) in [6, 6.07) is 10.9. The average Bonchev–Trinajstić information content (AvgIpc) is 3.25. The van der Waals surface area contributed by atoms with Gasteiger partial charge in [-0.3, -0.25) is 4.79 Å². The SMILES string of the molecule is Cc1cc(-c2noc(CCC(=O)N(C)CCCOc3cccc(S(C)(=O)=O)c3)n2)ccc1F. The van der Waals surface area contributed by atoms with E-state index in [1.54, 1.807) is 43.1 Å². The molecule has 0 aliphatic carbocycles. The van der Waals surface area contributed by atoms with E-state index in [0.29, 0.717) is 54.6 Å². The number of amides is 1. The Balaban J connectivity index is 1.42. The highest BCUT2D eigenvalue weighted by Gasteiger charge is 2.14. The Labute approximate surface area is 192 Å². The minimum absolute atomic E-state index is 0.0774. The van der Waals surface area contributed by atoms with Gasteiger partial charge in [0.1, 0.15) is 11.6 Å². The van der Waals surface area contributed by atoms with E-state index in [0.717, 1.165) is 6.26 Å². The first-order chi connectivity index (χ1) is 15.6. The molecule has 0 bridgehead atoms. The minimum atomic E-state index is -3.29. The number of nitrogens with zero attached hydrogens (tertiary/aromatic N) is 3. The monoisotopic (exact) mass is 475 g/mol. The summed E-state index contributed by atoms with van der Waals surface area (Å²) < 4.78 is 47.5. The fourth-order valence-electron chi connectivity index (χ4n) is 3.07. The predicted molar refractivity (Wildman–Crippen MR) is 120 cm³/mol. The predicted octanol–water partition coefficient (Wildman–Crippen LogP) is 3.45. The van der Waals surface area contributed by atoms with Gasteiger partial charge in [-0.25, -0.2) is 12.8 Å². The molecule has 0 spiro atoms. The van der Waals surface area contributed by atoms with Crippen LogP contribution in [0.5, 0.6) is 5.75 Å². The van der Waals surface area contributed by atoms with Crippen molar-refractivity contribution >= 4 is 15.7 Å². The highest BCUT2D eigenvalue weighted by molar-refractivity contribution is 7.90. The van der Waals surface area contributed by atoms with Crippen molar-refractivity contribution in [2.45, 2.75) is 31.1 Å². The maximum atomic E-state index is 13.4. The van der Waals surface area contributed by atoms with Crippen molar-refractivity contribution in [2.75, 3.05) is 26.5 Å². The van der Waals surface area contributed by atoms with Crippen molar-refractivity contribution in [3.05, 3.63) is 59.7 Å². The number of halogens is 1. The van der Waals surface area contributed by atoms with Crippen molar-refractivity contribution in [3.63, 3.8) is 0 Å². The summed E-state index contributed by atoms with van der Waals surface area (Å²) in [7, 11) is -1.59. The van der Waals surface area contributed by atoms with Gasteiger partial charge in [-0.1, -0.05) is 11.2 Å². The number of hydrogen-bond acceptors (Lipinski definition) is 7. The molecule has 33 heavy (non-hydrogen) atoms. The molecule has 0 radical (unpaired) electrons. The maximum absolute atomic E-state index is 13.4. The zero-order chi connectivity index (χ0) is 24.0. The number of aryl methyl sites for hydroxylation is 2. The van der Waals surface area contributed by atoms with Gasteiger partial charge in [0, 0.05) is 38.3 Å². The Morgan fingerprint density at radius 2 is 2.00 bits per heavy atom. The smallest absolute Gasteiger partial charge is 0.227 e. The molecule has 1 aromatic heterocycles. The lowest BCUT2D eigenvalue weighted by Gasteiger charge is -2.17. The molecule has 176 valence electrons. The van der Waals surface area contributed by atoms with E-state index in [-0.39, 0.29) is 23.0 Å². The molecular weight excluding hydrogens is 449 g/mol. The molecule has 0 saturated heterocycles. The lowest BCUT2D eigenvalue weighted by atomic mass is 10.1. The largest absolute Gasteiger partial charge is 0.493 e. The van der Waals surface area contributed by atoms with E-state index in [4.69, 9.17) is 9.26 Å². The van der Waals surface area contributed by atoms with Gasteiger partial charge in [-0.15, -0.1) is 0 Å². The topological polar surface area (TPSA) is 103 Å². The summed E-state index contributed by atoms with van der Waals surface area (Å²) in [5, 5.41) is 3.90. The highest BCUT2D eigenvalue weighted by Crippen LogP contribution is 2.20. The van der Waals surface area contributed by atoms with Gasteiger partial charge in [0.15, 0.2) is 9.84 Å². The molecule has 0 unspecified atom stereocenters. The first kappa shape index (κ1) is 24.4. The molecule has 0 fully saturated rings. The molecule has 0 N–H and O–H groups in total. The van der Waals surface area contributed by atoms with E-state index < -0.39 is 9.84 Å². The lowest BCUT2D eigenvalue weighted by molar-refractivity contribution is -0.130. The highest BCUT2D eigenvalue weighted by atomic mass is 32.2. The first-order valence-corrected chi connectivity index (χ1v) is 12.3. The van der Waals surface area contributed by atoms with Gasteiger partial charge in [0.25, 0.3) is 0 Å². The van der Waals surface area contributed by atoms with Crippen LogP contribution in [0, 0.1) is 12.7 Å². The Morgan fingerprint density at radius 3 is 2.73 bits per heavy atom. The second-order valence-corrected chi connectivity index (χ2v) is 9.76. The number of ether oxygens (including phenoxy) is 1.